The molecule has 3 aromatic rings. The second-order valence-corrected chi connectivity index (χ2v) is 6.70. The minimum Gasteiger partial charge on any atom is -0.493 e. The van der Waals surface area contributed by atoms with Crippen LogP contribution in [0, 0.1) is 6.92 Å². The van der Waals surface area contributed by atoms with E-state index in [-0.39, 0.29) is 18.3 Å². The van der Waals surface area contributed by atoms with E-state index in [0.29, 0.717) is 28.5 Å². The summed E-state index contributed by atoms with van der Waals surface area (Å²) < 4.78 is 16.5. The molecule has 0 aliphatic heterocycles. The summed E-state index contributed by atoms with van der Waals surface area (Å²) in [5.74, 6) is 1.80. The van der Waals surface area contributed by atoms with E-state index in [1.807, 2.05) is 31.2 Å². The molecule has 0 spiro atoms. The van der Waals surface area contributed by atoms with Crippen LogP contribution in [-0.4, -0.2) is 25.4 Å². The summed E-state index contributed by atoms with van der Waals surface area (Å²) in [4.78, 5) is 23.7. The Morgan fingerprint density at radius 2 is 1.50 bits per heavy atom. The van der Waals surface area contributed by atoms with Crippen LogP contribution in [0.1, 0.15) is 22.8 Å². The normalized spacial score (nSPS) is 10.2. The van der Waals surface area contributed by atoms with Crippen molar-refractivity contribution in [2.75, 3.05) is 19.0 Å². The number of hydrogen-bond acceptors (Lipinski definition) is 5. The number of ketones is 1. The lowest BCUT2D eigenvalue weighted by Crippen LogP contribution is -2.20. The van der Waals surface area contributed by atoms with Gasteiger partial charge in [0.25, 0.3) is 5.91 Å². The largest absolute Gasteiger partial charge is 0.493 e. The molecule has 0 atom stereocenters. The minimum atomic E-state index is -0.320. The molecule has 0 saturated heterocycles. The number of carbonyl (C=O) groups is 2. The topological polar surface area (TPSA) is 73.9 Å². The van der Waals surface area contributed by atoms with E-state index in [2.05, 4.69) is 5.32 Å². The van der Waals surface area contributed by atoms with Gasteiger partial charge in [0.05, 0.1) is 7.11 Å². The van der Waals surface area contributed by atoms with Gasteiger partial charge in [0.2, 0.25) is 0 Å². The van der Waals surface area contributed by atoms with E-state index in [9.17, 15) is 9.59 Å². The number of aryl methyl sites for hydroxylation is 1. The van der Waals surface area contributed by atoms with Crippen LogP contribution >= 0.6 is 0 Å². The molecule has 0 radical (unpaired) electrons. The maximum atomic E-state index is 12.2. The number of benzene rings is 3. The van der Waals surface area contributed by atoms with Crippen molar-refractivity contribution in [1.82, 2.24) is 0 Å². The van der Waals surface area contributed by atoms with E-state index in [1.54, 1.807) is 42.5 Å². The molecule has 0 bridgehead atoms. The SMILES string of the molecule is COc1cc(C(C)=O)ccc1OCC(=O)Nc1ccc(Oc2ccc(C)cc2)cc1. The highest BCUT2D eigenvalue weighted by Gasteiger charge is 2.11. The van der Waals surface area contributed by atoms with Crippen LogP contribution in [0.4, 0.5) is 5.69 Å². The number of carbonyl (C=O) groups excluding carboxylic acids is 2. The Morgan fingerprint density at radius 3 is 2.10 bits per heavy atom. The predicted molar refractivity (Wildman–Crippen MR) is 115 cm³/mol. The van der Waals surface area contributed by atoms with Gasteiger partial charge in [0.1, 0.15) is 11.5 Å². The lowest BCUT2D eigenvalue weighted by atomic mass is 10.1. The Balaban J connectivity index is 1.55. The van der Waals surface area contributed by atoms with Crippen molar-refractivity contribution in [3.05, 3.63) is 77.9 Å². The number of amides is 1. The maximum absolute atomic E-state index is 12.2. The van der Waals surface area contributed by atoms with Gasteiger partial charge in [-0.15, -0.1) is 0 Å². The first kappa shape index (κ1) is 20.9. The summed E-state index contributed by atoms with van der Waals surface area (Å²) in [6.07, 6.45) is 0. The molecule has 0 aliphatic rings. The first-order valence-corrected chi connectivity index (χ1v) is 9.41. The molecule has 0 unspecified atom stereocenters. The van der Waals surface area contributed by atoms with Gasteiger partial charge in [-0.05, 0) is 68.4 Å². The van der Waals surface area contributed by atoms with Crippen molar-refractivity contribution >= 4 is 17.4 Å². The van der Waals surface area contributed by atoms with Crippen LogP contribution in [0.25, 0.3) is 0 Å². The number of rotatable bonds is 8. The highest BCUT2D eigenvalue weighted by Crippen LogP contribution is 2.28. The fourth-order valence-corrected chi connectivity index (χ4v) is 2.69. The van der Waals surface area contributed by atoms with Crippen molar-refractivity contribution in [3.8, 4) is 23.0 Å². The second-order valence-electron chi connectivity index (χ2n) is 6.70. The van der Waals surface area contributed by atoms with Crippen LogP contribution in [0.2, 0.25) is 0 Å². The van der Waals surface area contributed by atoms with E-state index in [1.165, 1.54) is 14.0 Å². The third-order valence-electron chi connectivity index (χ3n) is 4.32. The highest BCUT2D eigenvalue weighted by atomic mass is 16.5. The molecule has 3 aromatic carbocycles. The number of nitrogens with one attached hydrogen (secondary N) is 1. The van der Waals surface area contributed by atoms with Gasteiger partial charge in [0.15, 0.2) is 23.9 Å². The lowest BCUT2D eigenvalue weighted by molar-refractivity contribution is -0.118. The summed E-state index contributed by atoms with van der Waals surface area (Å²) in [6.45, 7) is 3.29. The molecule has 6 nitrogen and oxygen atoms in total. The number of Topliss-reactive ketones (excluding diaryl/α,β-unsaturated/α-hetero) is 1. The summed E-state index contributed by atoms with van der Waals surface area (Å²) >= 11 is 0. The first-order valence-electron chi connectivity index (χ1n) is 9.41. The smallest absolute Gasteiger partial charge is 0.262 e. The highest BCUT2D eigenvalue weighted by molar-refractivity contribution is 5.95. The molecule has 0 aromatic heterocycles. The van der Waals surface area contributed by atoms with E-state index in [4.69, 9.17) is 14.2 Å². The average molecular weight is 405 g/mol. The molecule has 0 heterocycles. The standard InChI is InChI=1S/C24H23NO5/c1-16-4-9-20(10-5-16)30-21-11-7-19(8-12-21)25-24(27)15-29-22-13-6-18(17(2)26)14-23(22)28-3/h4-14H,15H2,1-3H3,(H,25,27). The Morgan fingerprint density at radius 1 is 0.867 bits per heavy atom. The summed E-state index contributed by atoms with van der Waals surface area (Å²) in [7, 11) is 1.48. The zero-order valence-corrected chi connectivity index (χ0v) is 17.1. The molecule has 0 fully saturated rings. The van der Waals surface area contributed by atoms with Gasteiger partial charge < -0.3 is 19.5 Å². The third-order valence-corrected chi connectivity index (χ3v) is 4.32. The van der Waals surface area contributed by atoms with Gasteiger partial charge in [-0.2, -0.15) is 0 Å². The van der Waals surface area contributed by atoms with Crippen molar-refractivity contribution in [3.63, 3.8) is 0 Å². The maximum Gasteiger partial charge on any atom is 0.262 e. The molecule has 6 heteroatoms. The van der Waals surface area contributed by atoms with Gasteiger partial charge in [-0.3, -0.25) is 9.59 Å². The summed E-state index contributed by atoms with van der Waals surface area (Å²) in [6, 6.07) is 19.7. The Bertz CT molecular complexity index is 1030. The van der Waals surface area contributed by atoms with Crippen LogP contribution in [0.3, 0.4) is 0 Å². The minimum absolute atomic E-state index is 0.0765. The molecular weight excluding hydrogens is 382 g/mol. The molecule has 3 rings (SSSR count). The van der Waals surface area contributed by atoms with Gasteiger partial charge in [-0.1, -0.05) is 17.7 Å². The van der Waals surface area contributed by atoms with Crippen LogP contribution in [0.15, 0.2) is 66.7 Å². The molecule has 154 valence electrons. The zero-order chi connectivity index (χ0) is 21.5. The van der Waals surface area contributed by atoms with E-state index >= 15 is 0 Å². The number of methoxy groups -OCH3 is 1. The first-order chi connectivity index (χ1) is 14.4. The Labute approximate surface area is 175 Å². The fourth-order valence-electron chi connectivity index (χ4n) is 2.69. The predicted octanol–water partition coefficient (Wildman–Crippen LogP) is 5.02. The fraction of sp³-hybridized carbons (Fsp3) is 0.167. The summed E-state index contributed by atoms with van der Waals surface area (Å²) in [5, 5.41) is 2.76. The van der Waals surface area contributed by atoms with Crippen molar-refractivity contribution < 1.29 is 23.8 Å². The van der Waals surface area contributed by atoms with Gasteiger partial charge >= 0.3 is 0 Å². The average Bonchev–Trinajstić information content (AvgIpc) is 2.75. The quantitative estimate of drug-likeness (QED) is 0.533. The zero-order valence-electron chi connectivity index (χ0n) is 17.1. The van der Waals surface area contributed by atoms with Crippen molar-refractivity contribution in [1.29, 1.82) is 0 Å². The Hall–Kier alpha value is -3.80. The van der Waals surface area contributed by atoms with Crippen LogP contribution < -0.4 is 19.5 Å². The summed E-state index contributed by atoms with van der Waals surface area (Å²) in [5.41, 5.74) is 2.30. The van der Waals surface area contributed by atoms with Gasteiger partial charge in [0, 0.05) is 11.3 Å². The van der Waals surface area contributed by atoms with Crippen LogP contribution in [-0.2, 0) is 4.79 Å². The molecule has 0 saturated carbocycles. The lowest BCUT2D eigenvalue weighted by Gasteiger charge is -2.12. The van der Waals surface area contributed by atoms with E-state index < -0.39 is 0 Å². The van der Waals surface area contributed by atoms with Crippen molar-refractivity contribution in [2.45, 2.75) is 13.8 Å². The molecule has 30 heavy (non-hydrogen) atoms. The molecule has 0 aliphatic carbocycles. The number of hydrogen-bond donors (Lipinski definition) is 1. The molecule has 1 amide bonds. The third kappa shape index (κ3) is 5.61. The van der Waals surface area contributed by atoms with Crippen LogP contribution in [0.5, 0.6) is 23.0 Å². The molecular formula is C24H23NO5. The Kier molecular flexibility index (Phi) is 6.70. The van der Waals surface area contributed by atoms with Gasteiger partial charge in [-0.25, -0.2) is 0 Å². The second kappa shape index (κ2) is 9.60. The number of ether oxygens (including phenoxy) is 3. The number of anilines is 1. The monoisotopic (exact) mass is 405 g/mol. The van der Waals surface area contributed by atoms with E-state index in [0.717, 1.165) is 11.3 Å². The van der Waals surface area contributed by atoms with Crippen molar-refractivity contribution in [2.24, 2.45) is 0 Å². The molecule has 1 N–H and O–H groups in total.